The largest absolute Gasteiger partial charge is 0.459 e. The van der Waals surface area contributed by atoms with Gasteiger partial charge in [-0.25, -0.2) is 0 Å². The fourth-order valence-corrected chi connectivity index (χ4v) is 0.990. The Balaban J connectivity index is 4.26. The Kier molecular flexibility index (Phi) is 4.94. The van der Waals surface area contributed by atoms with E-state index in [0.29, 0.717) is 0 Å². The molecule has 0 bridgehead atoms. The predicted octanol–water partition coefficient (Wildman–Crippen LogP) is 1.30. The van der Waals surface area contributed by atoms with Crippen LogP contribution in [0.5, 0.6) is 0 Å². The molecule has 2 unspecified atom stereocenters. The molecule has 4 nitrogen and oxygen atoms in total. The molecular formula is C11H20O4. The fourth-order valence-electron chi connectivity index (χ4n) is 0.990. The number of hydrogen-bond acceptors (Lipinski definition) is 4. The molecule has 0 aliphatic heterocycles. The lowest BCUT2D eigenvalue weighted by atomic mass is 10.0. The standard InChI is InChI=1S/C11H20O4/c1-7(12)6-9(13)8(2)10(14)15-11(3,4)5/h7-8,12H,6H2,1-5H3. The van der Waals surface area contributed by atoms with E-state index in [4.69, 9.17) is 9.84 Å². The van der Waals surface area contributed by atoms with E-state index in [2.05, 4.69) is 0 Å². The molecule has 0 aliphatic rings. The molecule has 0 heterocycles. The molecule has 0 saturated heterocycles. The smallest absolute Gasteiger partial charge is 0.316 e. The van der Waals surface area contributed by atoms with Crippen molar-refractivity contribution in [2.24, 2.45) is 5.92 Å². The molecule has 0 aromatic heterocycles. The predicted molar refractivity (Wildman–Crippen MR) is 56.3 cm³/mol. The van der Waals surface area contributed by atoms with Crippen molar-refractivity contribution >= 4 is 11.8 Å². The van der Waals surface area contributed by atoms with E-state index >= 15 is 0 Å². The maximum Gasteiger partial charge on any atom is 0.316 e. The van der Waals surface area contributed by atoms with Gasteiger partial charge >= 0.3 is 5.97 Å². The normalized spacial score (nSPS) is 15.6. The summed E-state index contributed by atoms with van der Waals surface area (Å²) in [5, 5.41) is 9.01. The van der Waals surface area contributed by atoms with Gasteiger partial charge in [0.25, 0.3) is 0 Å². The van der Waals surface area contributed by atoms with E-state index in [0.717, 1.165) is 0 Å². The third-order valence-electron chi connectivity index (χ3n) is 1.74. The number of carbonyl (C=O) groups is 2. The first-order valence-electron chi connectivity index (χ1n) is 5.07. The van der Waals surface area contributed by atoms with Gasteiger partial charge in [0.05, 0.1) is 6.10 Å². The molecule has 0 amide bonds. The second kappa shape index (κ2) is 5.26. The minimum absolute atomic E-state index is 0.0135. The molecule has 15 heavy (non-hydrogen) atoms. The van der Waals surface area contributed by atoms with Crippen LogP contribution >= 0.6 is 0 Å². The third-order valence-corrected chi connectivity index (χ3v) is 1.74. The van der Waals surface area contributed by atoms with Crippen LogP contribution in [0.4, 0.5) is 0 Å². The van der Waals surface area contributed by atoms with Gasteiger partial charge in [-0.05, 0) is 34.6 Å². The Morgan fingerprint density at radius 2 is 1.73 bits per heavy atom. The van der Waals surface area contributed by atoms with Gasteiger partial charge in [-0.15, -0.1) is 0 Å². The molecule has 0 aliphatic carbocycles. The highest BCUT2D eigenvalue weighted by Gasteiger charge is 2.27. The van der Waals surface area contributed by atoms with Crippen LogP contribution in [0.25, 0.3) is 0 Å². The summed E-state index contributed by atoms with van der Waals surface area (Å²) in [7, 11) is 0. The quantitative estimate of drug-likeness (QED) is 0.568. The molecule has 88 valence electrons. The average molecular weight is 216 g/mol. The molecule has 0 aromatic carbocycles. The summed E-state index contributed by atoms with van der Waals surface area (Å²) in [5.41, 5.74) is -0.587. The number of ketones is 1. The van der Waals surface area contributed by atoms with Crippen LogP contribution in [0.2, 0.25) is 0 Å². The first kappa shape index (κ1) is 14.1. The Morgan fingerprint density at radius 3 is 2.07 bits per heavy atom. The van der Waals surface area contributed by atoms with Gasteiger partial charge in [-0.3, -0.25) is 9.59 Å². The lowest BCUT2D eigenvalue weighted by Gasteiger charge is -2.21. The van der Waals surface area contributed by atoms with Crippen LogP contribution < -0.4 is 0 Å². The number of esters is 1. The molecule has 1 N–H and O–H groups in total. The molecule has 0 spiro atoms. The van der Waals surface area contributed by atoms with Crippen LogP contribution in [0.15, 0.2) is 0 Å². The second-order valence-corrected chi connectivity index (χ2v) is 4.77. The number of Topliss-reactive ketones (excluding diaryl/α,β-unsaturated/α-hetero) is 1. The maximum absolute atomic E-state index is 11.5. The molecule has 0 fully saturated rings. The monoisotopic (exact) mass is 216 g/mol. The Labute approximate surface area is 90.6 Å². The number of carbonyl (C=O) groups excluding carboxylic acids is 2. The van der Waals surface area contributed by atoms with Crippen LogP contribution in [-0.4, -0.2) is 28.6 Å². The SMILES string of the molecule is CC(O)CC(=O)C(C)C(=O)OC(C)(C)C. The summed E-state index contributed by atoms with van der Waals surface area (Å²) in [4.78, 5) is 22.9. The average Bonchev–Trinajstić information content (AvgIpc) is 1.98. The Hall–Kier alpha value is -0.900. The van der Waals surface area contributed by atoms with Gasteiger partial charge in [-0.1, -0.05) is 0 Å². The third kappa shape index (κ3) is 6.23. The summed E-state index contributed by atoms with van der Waals surface area (Å²) in [6.07, 6.45) is -0.733. The van der Waals surface area contributed by atoms with Crippen molar-refractivity contribution < 1.29 is 19.4 Å². The highest BCUT2D eigenvalue weighted by atomic mass is 16.6. The lowest BCUT2D eigenvalue weighted by Crippen LogP contribution is -2.32. The Bertz CT molecular complexity index is 237. The minimum atomic E-state index is -0.807. The van der Waals surface area contributed by atoms with Gasteiger partial charge in [-0.2, -0.15) is 0 Å². The van der Waals surface area contributed by atoms with E-state index in [9.17, 15) is 9.59 Å². The van der Waals surface area contributed by atoms with Crippen molar-refractivity contribution in [3.63, 3.8) is 0 Å². The van der Waals surface area contributed by atoms with Crippen LogP contribution in [0, 0.1) is 5.92 Å². The molecule has 2 atom stereocenters. The van der Waals surface area contributed by atoms with Gasteiger partial charge in [0.1, 0.15) is 17.3 Å². The number of aliphatic hydroxyl groups is 1. The van der Waals surface area contributed by atoms with Gasteiger partial charge in [0.2, 0.25) is 0 Å². The molecule has 0 saturated carbocycles. The zero-order valence-corrected chi connectivity index (χ0v) is 10.0. The lowest BCUT2D eigenvalue weighted by molar-refractivity contribution is -0.161. The topological polar surface area (TPSA) is 63.6 Å². The van der Waals surface area contributed by atoms with Crippen molar-refractivity contribution in [2.75, 3.05) is 0 Å². The second-order valence-electron chi connectivity index (χ2n) is 4.77. The van der Waals surface area contributed by atoms with Crippen LogP contribution in [0.1, 0.15) is 41.0 Å². The summed E-state index contributed by atoms with van der Waals surface area (Å²) in [5.74, 6) is -1.63. The number of aliphatic hydroxyl groups excluding tert-OH is 1. The van der Waals surface area contributed by atoms with E-state index in [1.165, 1.54) is 13.8 Å². The van der Waals surface area contributed by atoms with E-state index in [1.54, 1.807) is 20.8 Å². The zero-order valence-electron chi connectivity index (χ0n) is 10.0. The van der Waals surface area contributed by atoms with Gasteiger partial charge in [0.15, 0.2) is 0 Å². The van der Waals surface area contributed by atoms with E-state index in [-0.39, 0.29) is 12.2 Å². The number of hydrogen-bond donors (Lipinski definition) is 1. The molecule has 0 aromatic rings. The van der Waals surface area contributed by atoms with Crippen LogP contribution in [-0.2, 0) is 14.3 Å². The highest BCUT2D eigenvalue weighted by molar-refractivity contribution is 5.98. The Morgan fingerprint density at radius 1 is 1.27 bits per heavy atom. The summed E-state index contributed by atoms with van der Waals surface area (Å²) >= 11 is 0. The summed E-state index contributed by atoms with van der Waals surface area (Å²) in [6.45, 7) is 8.25. The maximum atomic E-state index is 11.5. The number of rotatable bonds is 4. The molecular weight excluding hydrogens is 196 g/mol. The van der Waals surface area contributed by atoms with Gasteiger partial charge < -0.3 is 9.84 Å². The van der Waals surface area contributed by atoms with E-state index < -0.39 is 23.6 Å². The van der Waals surface area contributed by atoms with Crippen molar-refractivity contribution in [3.8, 4) is 0 Å². The van der Waals surface area contributed by atoms with Gasteiger partial charge in [0, 0.05) is 6.42 Å². The van der Waals surface area contributed by atoms with Crippen molar-refractivity contribution in [1.82, 2.24) is 0 Å². The molecule has 4 heteroatoms. The van der Waals surface area contributed by atoms with Crippen molar-refractivity contribution in [3.05, 3.63) is 0 Å². The first-order valence-corrected chi connectivity index (χ1v) is 5.07. The molecule has 0 rings (SSSR count). The minimum Gasteiger partial charge on any atom is -0.459 e. The fraction of sp³-hybridized carbons (Fsp3) is 0.818. The number of ether oxygens (including phenoxy) is 1. The van der Waals surface area contributed by atoms with Crippen molar-refractivity contribution in [2.45, 2.75) is 52.7 Å². The summed E-state index contributed by atoms with van der Waals surface area (Å²) < 4.78 is 5.06. The first-order chi connectivity index (χ1) is 6.63. The van der Waals surface area contributed by atoms with Crippen LogP contribution in [0.3, 0.4) is 0 Å². The highest BCUT2D eigenvalue weighted by Crippen LogP contribution is 2.13. The molecule has 0 radical (unpaired) electrons. The summed E-state index contributed by atoms with van der Waals surface area (Å²) in [6, 6.07) is 0. The van der Waals surface area contributed by atoms with Crippen molar-refractivity contribution in [1.29, 1.82) is 0 Å². The zero-order chi connectivity index (χ0) is 12.2. The van der Waals surface area contributed by atoms with E-state index in [1.807, 2.05) is 0 Å².